The molecule has 26 heavy (non-hydrogen) atoms. The van der Waals surface area contributed by atoms with Crippen molar-refractivity contribution in [2.24, 2.45) is 7.05 Å². The minimum absolute atomic E-state index is 0.280. The van der Waals surface area contributed by atoms with Gasteiger partial charge in [0.05, 0.1) is 11.9 Å². The molecule has 0 amide bonds. The number of hydrogen-bond acceptors (Lipinski definition) is 6. The normalized spacial score (nSPS) is 16.5. The molecule has 0 unspecified atom stereocenters. The SMILES string of the molecule is Cc1cc2nccn2nc1N1CCN(S(=O)(=O)c2cnn(C)c2C)CC1. The summed E-state index contributed by atoms with van der Waals surface area (Å²) >= 11 is 0. The van der Waals surface area contributed by atoms with E-state index >= 15 is 0 Å². The molecular formula is C16H21N7O2S. The molecule has 1 aliphatic heterocycles. The number of sulfonamides is 1. The zero-order valence-corrected chi connectivity index (χ0v) is 15.8. The number of aryl methyl sites for hydroxylation is 2. The number of piperazine rings is 1. The average molecular weight is 375 g/mol. The number of imidazole rings is 1. The van der Waals surface area contributed by atoms with Crippen molar-refractivity contribution in [1.82, 2.24) is 28.7 Å². The molecule has 1 fully saturated rings. The van der Waals surface area contributed by atoms with Crippen LogP contribution in [0.1, 0.15) is 11.3 Å². The lowest BCUT2D eigenvalue weighted by Crippen LogP contribution is -2.49. The summed E-state index contributed by atoms with van der Waals surface area (Å²) in [6.07, 6.45) is 4.95. The van der Waals surface area contributed by atoms with Gasteiger partial charge in [-0.2, -0.15) is 9.40 Å². The van der Waals surface area contributed by atoms with Crippen LogP contribution in [0.15, 0.2) is 29.6 Å². The topological polar surface area (TPSA) is 88.6 Å². The Hall–Kier alpha value is -2.46. The molecule has 3 aromatic heterocycles. The van der Waals surface area contributed by atoms with Crippen LogP contribution in [0.25, 0.3) is 5.65 Å². The van der Waals surface area contributed by atoms with E-state index in [-0.39, 0.29) is 4.90 Å². The van der Waals surface area contributed by atoms with E-state index in [0.717, 1.165) is 17.0 Å². The molecule has 0 saturated carbocycles. The molecular weight excluding hydrogens is 354 g/mol. The first-order valence-electron chi connectivity index (χ1n) is 8.42. The number of fused-ring (bicyclic) bond motifs is 1. The number of nitrogens with zero attached hydrogens (tertiary/aromatic N) is 7. The Morgan fingerprint density at radius 3 is 2.50 bits per heavy atom. The first-order chi connectivity index (χ1) is 12.4. The first-order valence-corrected chi connectivity index (χ1v) is 9.86. The summed E-state index contributed by atoms with van der Waals surface area (Å²) in [4.78, 5) is 6.64. The Balaban J connectivity index is 1.55. The van der Waals surface area contributed by atoms with Crippen molar-refractivity contribution in [2.45, 2.75) is 18.7 Å². The second-order valence-corrected chi connectivity index (χ2v) is 8.40. The van der Waals surface area contributed by atoms with Gasteiger partial charge in [0.25, 0.3) is 0 Å². The third-order valence-electron chi connectivity index (χ3n) is 4.90. The van der Waals surface area contributed by atoms with Crippen LogP contribution in [0.3, 0.4) is 0 Å². The molecule has 3 aromatic rings. The van der Waals surface area contributed by atoms with Crippen molar-refractivity contribution < 1.29 is 8.42 Å². The van der Waals surface area contributed by atoms with Crippen LogP contribution in [-0.4, -0.2) is 63.3 Å². The van der Waals surface area contributed by atoms with Crippen molar-refractivity contribution >= 4 is 21.5 Å². The summed E-state index contributed by atoms with van der Waals surface area (Å²) in [6, 6.07) is 1.99. The summed E-state index contributed by atoms with van der Waals surface area (Å²) in [7, 11) is -1.78. The van der Waals surface area contributed by atoms with Gasteiger partial charge in [-0.25, -0.2) is 17.9 Å². The molecule has 0 aromatic carbocycles. The third kappa shape index (κ3) is 2.65. The fraction of sp³-hybridized carbons (Fsp3) is 0.438. The Labute approximate surface area is 151 Å². The average Bonchev–Trinajstić information content (AvgIpc) is 3.21. The number of rotatable bonds is 3. The minimum atomic E-state index is -3.53. The summed E-state index contributed by atoms with van der Waals surface area (Å²) in [5.74, 6) is 0.866. The van der Waals surface area contributed by atoms with Crippen molar-refractivity contribution in [3.63, 3.8) is 0 Å². The highest BCUT2D eigenvalue weighted by Crippen LogP contribution is 2.24. The number of hydrogen-bond donors (Lipinski definition) is 0. The zero-order chi connectivity index (χ0) is 18.5. The van der Waals surface area contributed by atoms with Gasteiger partial charge in [0.2, 0.25) is 10.0 Å². The van der Waals surface area contributed by atoms with Gasteiger partial charge in [-0.15, -0.1) is 5.10 Å². The Bertz CT molecular complexity index is 1060. The van der Waals surface area contributed by atoms with E-state index in [9.17, 15) is 8.42 Å². The standard InChI is InChI=1S/C16H21N7O2S/c1-12-10-15-17-4-5-23(15)19-16(12)21-6-8-22(9-7-21)26(24,25)14-11-18-20(3)13(14)2/h4-5,10-11H,6-9H2,1-3H3. The van der Waals surface area contributed by atoms with E-state index in [4.69, 9.17) is 0 Å². The predicted molar refractivity (Wildman–Crippen MR) is 96.6 cm³/mol. The summed E-state index contributed by atoms with van der Waals surface area (Å²) in [6.45, 7) is 5.78. The molecule has 4 rings (SSSR count). The van der Waals surface area contributed by atoms with Crippen LogP contribution in [0, 0.1) is 13.8 Å². The first kappa shape index (κ1) is 17.0. The Morgan fingerprint density at radius 1 is 1.12 bits per heavy atom. The number of anilines is 1. The fourth-order valence-electron chi connectivity index (χ4n) is 3.26. The lowest BCUT2D eigenvalue weighted by Gasteiger charge is -2.35. The van der Waals surface area contributed by atoms with Crippen molar-refractivity contribution in [1.29, 1.82) is 0 Å². The van der Waals surface area contributed by atoms with Gasteiger partial charge in [0, 0.05) is 45.6 Å². The summed E-state index contributed by atoms with van der Waals surface area (Å²) in [5, 5.41) is 8.68. The lowest BCUT2D eigenvalue weighted by atomic mass is 10.2. The van der Waals surface area contributed by atoms with Gasteiger partial charge in [0.15, 0.2) is 11.5 Å². The van der Waals surface area contributed by atoms with E-state index in [2.05, 4.69) is 20.1 Å². The molecule has 0 spiro atoms. The van der Waals surface area contributed by atoms with E-state index in [0.29, 0.717) is 31.9 Å². The van der Waals surface area contributed by atoms with Gasteiger partial charge < -0.3 is 4.90 Å². The van der Waals surface area contributed by atoms with Gasteiger partial charge in [-0.05, 0) is 25.5 Å². The zero-order valence-electron chi connectivity index (χ0n) is 15.0. The van der Waals surface area contributed by atoms with Crippen LogP contribution in [0.2, 0.25) is 0 Å². The highest BCUT2D eigenvalue weighted by atomic mass is 32.2. The van der Waals surface area contributed by atoms with Gasteiger partial charge >= 0.3 is 0 Å². The van der Waals surface area contributed by atoms with Crippen LogP contribution < -0.4 is 4.90 Å². The monoisotopic (exact) mass is 375 g/mol. The van der Waals surface area contributed by atoms with E-state index in [1.807, 2.05) is 19.2 Å². The molecule has 1 aliphatic rings. The second-order valence-electron chi connectivity index (χ2n) is 6.49. The highest BCUT2D eigenvalue weighted by Gasteiger charge is 2.31. The maximum Gasteiger partial charge on any atom is 0.246 e. The predicted octanol–water partition coefficient (Wildman–Crippen LogP) is 0.591. The van der Waals surface area contributed by atoms with Gasteiger partial charge in [-0.3, -0.25) is 4.68 Å². The fourth-order valence-corrected chi connectivity index (χ4v) is 4.87. The minimum Gasteiger partial charge on any atom is -0.352 e. The van der Waals surface area contributed by atoms with Gasteiger partial charge in [0.1, 0.15) is 4.90 Å². The summed E-state index contributed by atoms with van der Waals surface area (Å²) < 4.78 is 30.6. The molecule has 0 radical (unpaired) electrons. The molecule has 9 nitrogen and oxygen atoms in total. The van der Waals surface area contributed by atoms with E-state index in [1.165, 1.54) is 10.5 Å². The van der Waals surface area contributed by atoms with Crippen molar-refractivity contribution in [2.75, 3.05) is 31.1 Å². The van der Waals surface area contributed by atoms with E-state index in [1.54, 1.807) is 29.4 Å². The molecule has 0 aliphatic carbocycles. The smallest absolute Gasteiger partial charge is 0.246 e. The summed E-state index contributed by atoms with van der Waals surface area (Å²) in [5.41, 5.74) is 2.48. The molecule has 0 N–H and O–H groups in total. The molecule has 0 atom stereocenters. The van der Waals surface area contributed by atoms with Crippen LogP contribution in [0.5, 0.6) is 0 Å². The molecule has 1 saturated heterocycles. The third-order valence-corrected chi connectivity index (χ3v) is 6.90. The molecule has 10 heteroatoms. The lowest BCUT2D eigenvalue weighted by molar-refractivity contribution is 0.383. The van der Waals surface area contributed by atoms with Crippen molar-refractivity contribution in [3.05, 3.63) is 35.9 Å². The number of aromatic nitrogens is 5. The van der Waals surface area contributed by atoms with Crippen LogP contribution >= 0.6 is 0 Å². The van der Waals surface area contributed by atoms with Crippen LogP contribution in [0.4, 0.5) is 5.82 Å². The Kier molecular flexibility index (Phi) is 3.96. The molecule has 138 valence electrons. The van der Waals surface area contributed by atoms with Gasteiger partial charge in [-0.1, -0.05) is 0 Å². The second kappa shape index (κ2) is 6.06. The van der Waals surface area contributed by atoms with Crippen LogP contribution in [-0.2, 0) is 17.1 Å². The molecule has 4 heterocycles. The van der Waals surface area contributed by atoms with Crippen molar-refractivity contribution in [3.8, 4) is 0 Å². The van der Waals surface area contributed by atoms with E-state index < -0.39 is 10.0 Å². The highest BCUT2D eigenvalue weighted by molar-refractivity contribution is 7.89. The Morgan fingerprint density at radius 2 is 1.85 bits per heavy atom. The maximum absolute atomic E-state index is 12.9. The largest absolute Gasteiger partial charge is 0.352 e. The molecule has 0 bridgehead atoms. The quantitative estimate of drug-likeness (QED) is 0.666. The maximum atomic E-state index is 12.9.